The molecule has 2 aliphatic rings. The van der Waals surface area contributed by atoms with Crippen LogP contribution in [0.2, 0.25) is 0 Å². The lowest BCUT2D eigenvalue weighted by atomic mass is 10.0. The first-order valence-corrected chi connectivity index (χ1v) is 9.69. The van der Waals surface area contributed by atoms with Gasteiger partial charge in [-0.05, 0) is 74.1 Å². The summed E-state index contributed by atoms with van der Waals surface area (Å²) in [5, 5.41) is 3.84. The van der Waals surface area contributed by atoms with Gasteiger partial charge >= 0.3 is 0 Å². The summed E-state index contributed by atoms with van der Waals surface area (Å²) in [7, 11) is 0. The van der Waals surface area contributed by atoms with Crippen molar-refractivity contribution in [1.82, 2.24) is 9.80 Å². The summed E-state index contributed by atoms with van der Waals surface area (Å²) in [5.41, 5.74) is 1.55. The van der Waals surface area contributed by atoms with Gasteiger partial charge in [0.05, 0.1) is 0 Å². The van der Waals surface area contributed by atoms with Crippen LogP contribution in [0.4, 0.5) is 0 Å². The molecule has 1 aromatic carbocycles. The first kappa shape index (κ1) is 14.7. The van der Waals surface area contributed by atoms with Crippen LogP contribution in [0.3, 0.4) is 0 Å². The molecule has 3 heteroatoms. The molecule has 0 saturated carbocycles. The quantitative estimate of drug-likeness (QED) is 0.841. The normalized spacial score (nSPS) is 24.3. The largest absolute Gasteiger partial charge is 0.301 e. The summed E-state index contributed by atoms with van der Waals surface area (Å²) in [6.45, 7) is 6.50. The van der Waals surface area contributed by atoms with Gasteiger partial charge in [-0.2, -0.15) is 0 Å². The Kier molecular flexibility index (Phi) is 4.47. The molecule has 22 heavy (non-hydrogen) atoms. The number of likely N-dealkylation sites (tertiary alicyclic amines) is 2. The zero-order chi connectivity index (χ0) is 14.8. The second-order valence-corrected chi connectivity index (χ2v) is 7.76. The van der Waals surface area contributed by atoms with Gasteiger partial charge in [-0.15, -0.1) is 11.3 Å². The highest BCUT2D eigenvalue weighted by molar-refractivity contribution is 7.17. The molecule has 1 aromatic heterocycles. The highest BCUT2D eigenvalue weighted by Crippen LogP contribution is 2.27. The Labute approximate surface area is 137 Å². The number of nitrogens with zero attached hydrogens (tertiary/aromatic N) is 2. The SMILES string of the molecule is c1ccc2c(CCN3CCCC(N4CCCC4)C3)csc2c1. The molecule has 1 unspecified atom stereocenters. The smallest absolute Gasteiger partial charge is 0.0345 e. The van der Waals surface area contributed by atoms with Crippen LogP contribution >= 0.6 is 11.3 Å². The van der Waals surface area contributed by atoms with Crippen molar-refractivity contribution in [3.05, 3.63) is 35.2 Å². The molecule has 2 aliphatic heterocycles. The van der Waals surface area contributed by atoms with Gasteiger partial charge < -0.3 is 4.90 Å². The Hall–Kier alpha value is -0.900. The molecule has 0 radical (unpaired) electrons. The molecule has 1 atom stereocenters. The summed E-state index contributed by atoms with van der Waals surface area (Å²) < 4.78 is 1.44. The molecule has 3 heterocycles. The maximum absolute atomic E-state index is 2.74. The summed E-state index contributed by atoms with van der Waals surface area (Å²) in [5.74, 6) is 0. The molecule has 0 spiro atoms. The Morgan fingerprint density at radius 3 is 2.82 bits per heavy atom. The fourth-order valence-corrected chi connectivity index (χ4v) is 5.14. The highest BCUT2D eigenvalue weighted by Gasteiger charge is 2.26. The molecule has 118 valence electrons. The third-order valence-electron chi connectivity index (χ3n) is 5.40. The number of fused-ring (bicyclic) bond motifs is 1. The molecule has 0 aliphatic carbocycles. The number of piperidine rings is 1. The van der Waals surface area contributed by atoms with Gasteiger partial charge in [0.25, 0.3) is 0 Å². The number of hydrogen-bond acceptors (Lipinski definition) is 3. The van der Waals surface area contributed by atoms with Crippen LogP contribution in [-0.2, 0) is 6.42 Å². The van der Waals surface area contributed by atoms with Crippen molar-refractivity contribution < 1.29 is 0 Å². The molecule has 4 rings (SSSR count). The maximum Gasteiger partial charge on any atom is 0.0345 e. The van der Waals surface area contributed by atoms with Crippen molar-refractivity contribution in [2.24, 2.45) is 0 Å². The van der Waals surface area contributed by atoms with Crippen molar-refractivity contribution in [2.45, 2.75) is 38.1 Å². The van der Waals surface area contributed by atoms with E-state index >= 15 is 0 Å². The standard InChI is InChI=1S/C19H26N2S/c1-2-8-19-18(7-1)16(15-22-19)9-13-20-10-5-6-17(14-20)21-11-3-4-12-21/h1-2,7-8,15,17H,3-6,9-14H2. The minimum atomic E-state index is 0.829. The number of rotatable bonds is 4. The average Bonchev–Trinajstić information content (AvgIpc) is 3.23. The Morgan fingerprint density at radius 2 is 1.91 bits per heavy atom. The van der Waals surface area contributed by atoms with Crippen molar-refractivity contribution in [2.75, 3.05) is 32.7 Å². The molecular weight excluding hydrogens is 288 g/mol. The Balaban J connectivity index is 1.36. The second kappa shape index (κ2) is 6.69. The number of benzene rings is 1. The van der Waals surface area contributed by atoms with E-state index in [2.05, 4.69) is 39.4 Å². The van der Waals surface area contributed by atoms with Gasteiger partial charge in [0.2, 0.25) is 0 Å². The van der Waals surface area contributed by atoms with E-state index in [4.69, 9.17) is 0 Å². The average molecular weight is 314 g/mol. The first-order valence-electron chi connectivity index (χ1n) is 8.82. The van der Waals surface area contributed by atoms with E-state index in [1.807, 2.05) is 11.3 Å². The van der Waals surface area contributed by atoms with Crippen LogP contribution in [-0.4, -0.2) is 48.6 Å². The molecule has 2 fully saturated rings. The van der Waals surface area contributed by atoms with Crippen molar-refractivity contribution >= 4 is 21.4 Å². The summed E-state index contributed by atoms with van der Waals surface area (Å²) in [4.78, 5) is 5.45. The molecule has 2 saturated heterocycles. The lowest BCUT2D eigenvalue weighted by molar-refractivity contribution is 0.116. The van der Waals surface area contributed by atoms with Gasteiger partial charge in [-0.25, -0.2) is 0 Å². The number of hydrogen-bond donors (Lipinski definition) is 0. The molecule has 2 nitrogen and oxygen atoms in total. The fraction of sp³-hybridized carbons (Fsp3) is 0.579. The summed E-state index contributed by atoms with van der Waals surface area (Å²) in [6.07, 6.45) is 6.83. The van der Waals surface area contributed by atoms with E-state index in [1.54, 1.807) is 5.56 Å². The van der Waals surface area contributed by atoms with Crippen molar-refractivity contribution in [3.63, 3.8) is 0 Å². The van der Waals surface area contributed by atoms with E-state index in [0.29, 0.717) is 0 Å². The van der Waals surface area contributed by atoms with E-state index in [9.17, 15) is 0 Å². The van der Waals surface area contributed by atoms with E-state index < -0.39 is 0 Å². The predicted octanol–water partition coefficient (Wildman–Crippen LogP) is 4.00. The summed E-state index contributed by atoms with van der Waals surface area (Å²) in [6, 6.07) is 9.67. The predicted molar refractivity (Wildman–Crippen MR) is 95.8 cm³/mol. The van der Waals surface area contributed by atoms with Crippen molar-refractivity contribution in [3.8, 4) is 0 Å². The third kappa shape index (κ3) is 3.08. The molecule has 0 amide bonds. The maximum atomic E-state index is 2.74. The van der Waals surface area contributed by atoms with Gasteiger partial charge in [-0.1, -0.05) is 18.2 Å². The Morgan fingerprint density at radius 1 is 1.05 bits per heavy atom. The minimum Gasteiger partial charge on any atom is -0.301 e. The van der Waals surface area contributed by atoms with Crippen LogP contribution in [0.5, 0.6) is 0 Å². The van der Waals surface area contributed by atoms with Crippen LogP contribution in [0, 0.1) is 0 Å². The molecular formula is C19H26N2S. The topological polar surface area (TPSA) is 6.48 Å². The van der Waals surface area contributed by atoms with Gasteiger partial charge in [-0.3, -0.25) is 4.90 Å². The van der Waals surface area contributed by atoms with Crippen molar-refractivity contribution in [1.29, 1.82) is 0 Å². The lowest BCUT2D eigenvalue weighted by Crippen LogP contribution is -2.47. The van der Waals surface area contributed by atoms with E-state index in [0.717, 1.165) is 6.04 Å². The highest BCUT2D eigenvalue weighted by atomic mass is 32.1. The minimum absolute atomic E-state index is 0.829. The molecule has 0 bridgehead atoms. The third-order valence-corrected chi connectivity index (χ3v) is 6.41. The molecule has 2 aromatic rings. The summed E-state index contributed by atoms with van der Waals surface area (Å²) >= 11 is 1.89. The van der Waals surface area contributed by atoms with Crippen LogP contribution in [0.1, 0.15) is 31.2 Å². The zero-order valence-electron chi connectivity index (χ0n) is 13.3. The van der Waals surface area contributed by atoms with Gasteiger partial charge in [0, 0.05) is 23.8 Å². The zero-order valence-corrected chi connectivity index (χ0v) is 14.2. The van der Waals surface area contributed by atoms with Gasteiger partial charge in [0.1, 0.15) is 0 Å². The molecule has 0 N–H and O–H groups in total. The monoisotopic (exact) mass is 314 g/mol. The van der Waals surface area contributed by atoms with Crippen LogP contribution < -0.4 is 0 Å². The van der Waals surface area contributed by atoms with E-state index in [1.165, 1.54) is 74.9 Å². The van der Waals surface area contributed by atoms with E-state index in [-0.39, 0.29) is 0 Å². The van der Waals surface area contributed by atoms with Gasteiger partial charge in [0.15, 0.2) is 0 Å². The Bertz CT molecular complexity index is 615. The lowest BCUT2D eigenvalue weighted by Gasteiger charge is -2.37. The van der Waals surface area contributed by atoms with Crippen LogP contribution in [0.15, 0.2) is 29.6 Å². The fourth-order valence-electron chi connectivity index (χ4n) is 4.14. The number of thiophene rings is 1. The first-order chi connectivity index (χ1) is 10.9. The van der Waals surface area contributed by atoms with Crippen LogP contribution in [0.25, 0.3) is 10.1 Å². The second-order valence-electron chi connectivity index (χ2n) is 6.85.